The molecule has 2 rings (SSSR count). The maximum absolute atomic E-state index is 12.7. The molecule has 0 aromatic carbocycles. The van der Waals surface area contributed by atoms with Gasteiger partial charge in [-0.1, -0.05) is 11.6 Å². The van der Waals surface area contributed by atoms with E-state index < -0.39 is 11.7 Å². The minimum Gasteiger partial charge on any atom is -0.356 e. The quantitative estimate of drug-likeness (QED) is 0.398. The first kappa shape index (κ1) is 21.9. The number of aliphatic imine (C=N–C) groups is 1. The zero-order chi connectivity index (χ0) is 19.9. The third-order valence-corrected chi connectivity index (χ3v) is 5.24. The molecule has 27 heavy (non-hydrogen) atoms. The number of alkyl halides is 3. The van der Waals surface area contributed by atoms with Crippen molar-refractivity contribution in [1.82, 2.24) is 15.6 Å². The SMILES string of the molecule is CN=C(NCCCCSC)NC1CCN(c2ncc(C(F)(F)F)cc2Cl)C1. The van der Waals surface area contributed by atoms with Crippen molar-refractivity contribution >= 4 is 35.1 Å². The second-order valence-electron chi connectivity index (χ2n) is 6.30. The van der Waals surface area contributed by atoms with Gasteiger partial charge in [-0.05, 0) is 37.3 Å². The summed E-state index contributed by atoms with van der Waals surface area (Å²) >= 11 is 7.88. The second-order valence-corrected chi connectivity index (χ2v) is 7.69. The van der Waals surface area contributed by atoms with Crippen molar-refractivity contribution in [2.75, 3.05) is 43.6 Å². The minimum absolute atomic E-state index is 0.0155. The van der Waals surface area contributed by atoms with Crippen molar-refractivity contribution < 1.29 is 13.2 Å². The van der Waals surface area contributed by atoms with E-state index in [1.54, 1.807) is 7.05 Å². The van der Waals surface area contributed by atoms with Crippen molar-refractivity contribution in [3.05, 3.63) is 22.8 Å². The summed E-state index contributed by atoms with van der Waals surface area (Å²) in [6, 6.07) is 1.06. The Morgan fingerprint density at radius 1 is 1.44 bits per heavy atom. The highest BCUT2D eigenvalue weighted by Gasteiger charge is 2.33. The summed E-state index contributed by atoms with van der Waals surface area (Å²) < 4.78 is 38.2. The Morgan fingerprint density at radius 3 is 2.85 bits per heavy atom. The molecule has 0 spiro atoms. The van der Waals surface area contributed by atoms with E-state index in [-0.39, 0.29) is 11.1 Å². The molecule has 1 aliphatic heterocycles. The van der Waals surface area contributed by atoms with Gasteiger partial charge in [-0.2, -0.15) is 24.9 Å². The van der Waals surface area contributed by atoms with Crippen LogP contribution in [0.25, 0.3) is 0 Å². The van der Waals surface area contributed by atoms with Gasteiger partial charge in [0.15, 0.2) is 5.96 Å². The van der Waals surface area contributed by atoms with Gasteiger partial charge in [-0.3, -0.25) is 4.99 Å². The van der Waals surface area contributed by atoms with Crippen LogP contribution in [0.3, 0.4) is 0 Å². The molecule has 10 heteroatoms. The lowest BCUT2D eigenvalue weighted by Gasteiger charge is -2.21. The number of aromatic nitrogens is 1. The summed E-state index contributed by atoms with van der Waals surface area (Å²) in [6.07, 6.45) is 1.53. The Kier molecular flexibility index (Phi) is 8.34. The summed E-state index contributed by atoms with van der Waals surface area (Å²) in [7, 11) is 1.72. The van der Waals surface area contributed by atoms with Gasteiger partial charge in [0.2, 0.25) is 0 Å². The first-order valence-electron chi connectivity index (χ1n) is 8.79. The van der Waals surface area contributed by atoms with Crippen molar-refractivity contribution in [3.8, 4) is 0 Å². The number of rotatable bonds is 7. The third-order valence-electron chi connectivity index (χ3n) is 4.27. The van der Waals surface area contributed by atoms with Crippen LogP contribution in [0.5, 0.6) is 0 Å². The van der Waals surface area contributed by atoms with Crippen LogP contribution in [0.4, 0.5) is 19.0 Å². The maximum Gasteiger partial charge on any atom is 0.417 e. The van der Waals surface area contributed by atoms with Gasteiger partial charge in [-0.15, -0.1) is 0 Å². The van der Waals surface area contributed by atoms with E-state index in [0.717, 1.165) is 49.8 Å². The number of guanidine groups is 1. The van der Waals surface area contributed by atoms with Crippen molar-refractivity contribution in [2.45, 2.75) is 31.5 Å². The van der Waals surface area contributed by atoms with Crippen LogP contribution in [-0.4, -0.2) is 55.7 Å². The van der Waals surface area contributed by atoms with Crippen LogP contribution < -0.4 is 15.5 Å². The fourth-order valence-corrected chi connectivity index (χ4v) is 3.63. The summed E-state index contributed by atoms with van der Waals surface area (Å²) in [5, 5.41) is 6.66. The van der Waals surface area contributed by atoms with Gasteiger partial charge in [0.25, 0.3) is 0 Å². The molecule has 1 fully saturated rings. The van der Waals surface area contributed by atoms with E-state index in [9.17, 15) is 13.2 Å². The molecule has 0 saturated carbocycles. The molecule has 0 radical (unpaired) electrons. The Labute approximate surface area is 167 Å². The first-order chi connectivity index (χ1) is 12.8. The van der Waals surface area contributed by atoms with Gasteiger partial charge in [-0.25, -0.2) is 4.98 Å². The Morgan fingerprint density at radius 2 is 2.22 bits per heavy atom. The molecule has 1 unspecified atom stereocenters. The van der Waals surface area contributed by atoms with E-state index >= 15 is 0 Å². The molecule has 1 aromatic heterocycles. The Bertz CT molecular complexity index is 641. The van der Waals surface area contributed by atoms with E-state index in [0.29, 0.717) is 18.9 Å². The molecule has 2 N–H and O–H groups in total. The number of nitrogens with zero attached hydrogens (tertiary/aromatic N) is 3. The van der Waals surface area contributed by atoms with Crippen LogP contribution in [0.2, 0.25) is 5.02 Å². The van der Waals surface area contributed by atoms with Gasteiger partial charge < -0.3 is 15.5 Å². The zero-order valence-electron chi connectivity index (χ0n) is 15.4. The summed E-state index contributed by atoms with van der Waals surface area (Å²) in [6.45, 7) is 2.12. The highest BCUT2D eigenvalue weighted by molar-refractivity contribution is 7.98. The molecular weight excluding hydrogens is 399 g/mol. The van der Waals surface area contributed by atoms with Gasteiger partial charge in [0.05, 0.1) is 10.6 Å². The number of thioether (sulfide) groups is 1. The number of hydrogen-bond donors (Lipinski definition) is 2. The third kappa shape index (κ3) is 6.64. The minimum atomic E-state index is -4.45. The fourth-order valence-electron chi connectivity index (χ4n) is 2.86. The molecule has 5 nitrogen and oxygen atoms in total. The smallest absolute Gasteiger partial charge is 0.356 e. The largest absolute Gasteiger partial charge is 0.417 e. The van der Waals surface area contributed by atoms with Crippen LogP contribution in [-0.2, 0) is 6.18 Å². The molecule has 0 aliphatic carbocycles. The normalized spacial score (nSPS) is 18.1. The van der Waals surface area contributed by atoms with Crippen molar-refractivity contribution in [1.29, 1.82) is 0 Å². The van der Waals surface area contributed by atoms with E-state index in [4.69, 9.17) is 11.6 Å². The first-order valence-corrected chi connectivity index (χ1v) is 10.6. The standard InChI is InChI=1S/C17H25ClF3N5S/c1-22-16(23-6-3-4-8-27-2)25-13-5-7-26(11-13)15-14(18)9-12(10-24-15)17(19,20)21/h9-10,13H,3-8,11H2,1-2H3,(H2,22,23,25). The number of hydrogen-bond acceptors (Lipinski definition) is 4. The average molecular weight is 424 g/mol. The van der Waals surface area contributed by atoms with E-state index in [2.05, 4.69) is 26.9 Å². The van der Waals surface area contributed by atoms with Crippen LogP contribution >= 0.6 is 23.4 Å². The molecule has 2 heterocycles. The lowest BCUT2D eigenvalue weighted by molar-refractivity contribution is -0.137. The predicted octanol–water partition coefficient (Wildman–Crippen LogP) is 3.64. The number of pyridine rings is 1. The number of unbranched alkanes of at least 4 members (excludes halogenated alkanes) is 1. The molecule has 1 aromatic rings. The monoisotopic (exact) mass is 423 g/mol. The van der Waals surface area contributed by atoms with Gasteiger partial charge in [0, 0.05) is 38.9 Å². The van der Waals surface area contributed by atoms with E-state index in [1.807, 2.05) is 16.7 Å². The summed E-state index contributed by atoms with van der Waals surface area (Å²) in [5.41, 5.74) is -0.837. The number of halogens is 4. The maximum atomic E-state index is 12.7. The fraction of sp³-hybridized carbons (Fsp3) is 0.647. The van der Waals surface area contributed by atoms with Gasteiger partial charge in [0.1, 0.15) is 5.82 Å². The van der Waals surface area contributed by atoms with Crippen molar-refractivity contribution in [3.63, 3.8) is 0 Å². The Hall–Kier alpha value is -1.35. The highest BCUT2D eigenvalue weighted by Crippen LogP contribution is 2.34. The summed E-state index contributed by atoms with van der Waals surface area (Å²) in [5.74, 6) is 2.26. The topological polar surface area (TPSA) is 52.6 Å². The molecule has 0 bridgehead atoms. The zero-order valence-corrected chi connectivity index (χ0v) is 17.0. The van der Waals surface area contributed by atoms with E-state index in [1.165, 1.54) is 0 Å². The van der Waals surface area contributed by atoms with Crippen LogP contribution in [0, 0.1) is 0 Å². The number of nitrogens with one attached hydrogen (secondary N) is 2. The molecule has 1 atom stereocenters. The molecule has 1 aliphatic rings. The lowest BCUT2D eigenvalue weighted by atomic mass is 10.2. The summed E-state index contributed by atoms with van der Waals surface area (Å²) in [4.78, 5) is 10.1. The lowest BCUT2D eigenvalue weighted by Crippen LogP contribution is -2.44. The van der Waals surface area contributed by atoms with Gasteiger partial charge >= 0.3 is 6.18 Å². The average Bonchev–Trinajstić information content (AvgIpc) is 3.07. The molecule has 152 valence electrons. The Balaban J connectivity index is 1.87. The molecule has 1 saturated heterocycles. The molecule has 0 amide bonds. The highest BCUT2D eigenvalue weighted by atomic mass is 35.5. The molecular formula is C17H25ClF3N5S. The number of anilines is 1. The van der Waals surface area contributed by atoms with Crippen LogP contribution in [0.15, 0.2) is 17.3 Å². The van der Waals surface area contributed by atoms with Crippen molar-refractivity contribution in [2.24, 2.45) is 4.99 Å². The van der Waals surface area contributed by atoms with Crippen LogP contribution in [0.1, 0.15) is 24.8 Å². The predicted molar refractivity (Wildman–Crippen MR) is 107 cm³/mol. The second kappa shape index (κ2) is 10.3.